The van der Waals surface area contributed by atoms with Gasteiger partial charge in [0.1, 0.15) is 6.61 Å². The summed E-state index contributed by atoms with van der Waals surface area (Å²) in [5.74, 6) is 5.72. The Morgan fingerprint density at radius 3 is 3.10 bits per heavy atom. The fourth-order valence-electron chi connectivity index (χ4n) is 2.47. The van der Waals surface area contributed by atoms with E-state index in [1.165, 1.54) is 0 Å². The van der Waals surface area contributed by atoms with E-state index >= 15 is 0 Å². The van der Waals surface area contributed by atoms with Crippen molar-refractivity contribution in [3.05, 3.63) is 29.6 Å². The third-order valence-corrected chi connectivity index (χ3v) is 3.78. The van der Waals surface area contributed by atoms with Crippen LogP contribution in [0.3, 0.4) is 0 Å². The first-order chi connectivity index (χ1) is 10.2. The summed E-state index contributed by atoms with van der Waals surface area (Å²) in [6, 6.07) is 1.71. The van der Waals surface area contributed by atoms with Crippen LogP contribution in [-0.4, -0.2) is 53.8 Å². The van der Waals surface area contributed by atoms with Gasteiger partial charge >= 0.3 is 0 Å². The molecule has 2 rings (SSSR count). The molecule has 0 aliphatic carbocycles. The van der Waals surface area contributed by atoms with Crippen molar-refractivity contribution in [2.45, 2.75) is 19.4 Å². The molecule has 1 N–H and O–H groups in total. The number of likely N-dealkylation sites (tertiary alicyclic amines) is 1. The number of pyridine rings is 1. The summed E-state index contributed by atoms with van der Waals surface area (Å²) in [6.45, 7) is 3.26. The van der Waals surface area contributed by atoms with Crippen molar-refractivity contribution in [2.24, 2.45) is 5.92 Å². The van der Waals surface area contributed by atoms with E-state index in [0.29, 0.717) is 23.6 Å². The maximum Gasteiger partial charge on any atom is 0.255 e. The molecule has 112 valence electrons. The van der Waals surface area contributed by atoms with Crippen molar-refractivity contribution in [1.29, 1.82) is 0 Å². The maximum atomic E-state index is 12.5. The average molecular weight is 288 g/mol. The lowest BCUT2D eigenvalue weighted by Crippen LogP contribution is -2.46. The standard InChI is InChI=1S/C16H20N2O3/c1-12-5-6-18(11-15(12)21-2)16(20)14-8-13(4-3-7-19)9-17-10-14/h8-10,12,15,19H,5-7,11H2,1-2H3. The van der Waals surface area contributed by atoms with E-state index in [1.54, 1.807) is 30.5 Å². The lowest BCUT2D eigenvalue weighted by atomic mass is 9.95. The topological polar surface area (TPSA) is 62.7 Å². The molecule has 1 saturated heterocycles. The molecule has 21 heavy (non-hydrogen) atoms. The van der Waals surface area contributed by atoms with Crippen molar-refractivity contribution in [1.82, 2.24) is 9.88 Å². The number of hydrogen-bond donors (Lipinski definition) is 1. The number of piperidine rings is 1. The van der Waals surface area contributed by atoms with Gasteiger partial charge in [-0.05, 0) is 18.4 Å². The minimum atomic E-state index is -0.211. The first-order valence-electron chi connectivity index (χ1n) is 7.02. The highest BCUT2D eigenvalue weighted by Crippen LogP contribution is 2.21. The molecule has 1 aliphatic heterocycles. The van der Waals surface area contributed by atoms with Gasteiger partial charge in [0, 0.05) is 38.2 Å². The first-order valence-corrected chi connectivity index (χ1v) is 7.02. The maximum absolute atomic E-state index is 12.5. The van der Waals surface area contributed by atoms with Crippen LogP contribution in [0.2, 0.25) is 0 Å². The molecule has 0 aromatic carbocycles. The van der Waals surface area contributed by atoms with Gasteiger partial charge in [-0.25, -0.2) is 0 Å². The van der Waals surface area contributed by atoms with Crippen LogP contribution in [0.5, 0.6) is 0 Å². The Labute approximate surface area is 124 Å². The molecule has 2 unspecified atom stereocenters. The number of aromatic nitrogens is 1. The Kier molecular flexibility index (Phi) is 5.32. The Morgan fingerprint density at radius 2 is 2.38 bits per heavy atom. The van der Waals surface area contributed by atoms with Crippen LogP contribution in [0.15, 0.2) is 18.5 Å². The lowest BCUT2D eigenvalue weighted by molar-refractivity contribution is -0.00158. The van der Waals surface area contributed by atoms with E-state index in [1.807, 2.05) is 0 Å². The van der Waals surface area contributed by atoms with Crippen LogP contribution in [0.25, 0.3) is 0 Å². The van der Waals surface area contributed by atoms with E-state index in [-0.39, 0.29) is 18.6 Å². The highest BCUT2D eigenvalue weighted by Gasteiger charge is 2.29. The molecule has 1 fully saturated rings. The summed E-state index contributed by atoms with van der Waals surface area (Å²) in [4.78, 5) is 18.4. The predicted molar refractivity (Wildman–Crippen MR) is 78.7 cm³/mol. The largest absolute Gasteiger partial charge is 0.384 e. The molecular weight excluding hydrogens is 268 g/mol. The Balaban J connectivity index is 2.13. The van der Waals surface area contributed by atoms with Gasteiger partial charge in [-0.2, -0.15) is 0 Å². The van der Waals surface area contributed by atoms with Crippen LogP contribution < -0.4 is 0 Å². The van der Waals surface area contributed by atoms with Crippen LogP contribution >= 0.6 is 0 Å². The van der Waals surface area contributed by atoms with Crippen LogP contribution in [0.1, 0.15) is 29.3 Å². The Hall–Kier alpha value is -1.90. The molecule has 0 radical (unpaired) electrons. The minimum Gasteiger partial charge on any atom is -0.384 e. The third kappa shape index (κ3) is 3.81. The molecule has 1 aromatic heterocycles. The number of ether oxygens (including phenoxy) is 1. The van der Waals surface area contributed by atoms with Crippen LogP contribution in [0, 0.1) is 17.8 Å². The van der Waals surface area contributed by atoms with Gasteiger partial charge in [0.15, 0.2) is 0 Å². The summed E-state index contributed by atoms with van der Waals surface area (Å²) < 4.78 is 5.44. The number of methoxy groups -OCH3 is 1. The Morgan fingerprint density at radius 1 is 1.57 bits per heavy atom. The SMILES string of the molecule is COC1CN(C(=O)c2cncc(C#CCO)c2)CCC1C. The molecule has 1 aromatic rings. The molecule has 2 atom stereocenters. The molecule has 1 amide bonds. The molecule has 0 bridgehead atoms. The zero-order chi connectivity index (χ0) is 15.2. The Bertz CT molecular complexity index is 562. The average Bonchev–Trinajstić information content (AvgIpc) is 2.53. The lowest BCUT2D eigenvalue weighted by Gasteiger charge is -2.36. The summed E-state index contributed by atoms with van der Waals surface area (Å²) in [7, 11) is 1.68. The zero-order valence-corrected chi connectivity index (χ0v) is 12.4. The number of aliphatic hydroxyl groups excluding tert-OH is 1. The van der Waals surface area contributed by atoms with Gasteiger partial charge in [-0.3, -0.25) is 9.78 Å². The number of aliphatic hydroxyl groups is 1. The number of nitrogens with zero attached hydrogens (tertiary/aromatic N) is 2. The number of carbonyl (C=O) groups is 1. The van der Waals surface area contributed by atoms with E-state index in [0.717, 1.165) is 13.0 Å². The number of hydrogen-bond acceptors (Lipinski definition) is 4. The molecule has 0 saturated carbocycles. The highest BCUT2D eigenvalue weighted by atomic mass is 16.5. The second-order valence-corrected chi connectivity index (χ2v) is 5.21. The predicted octanol–water partition coefficient (Wildman–Crippen LogP) is 0.922. The van der Waals surface area contributed by atoms with Gasteiger partial charge in [0.25, 0.3) is 5.91 Å². The van der Waals surface area contributed by atoms with E-state index < -0.39 is 0 Å². The molecule has 2 heterocycles. The molecule has 1 aliphatic rings. The fourth-order valence-corrected chi connectivity index (χ4v) is 2.47. The fraction of sp³-hybridized carbons (Fsp3) is 0.500. The van der Waals surface area contributed by atoms with Gasteiger partial charge in [-0.15, -0.1) is 0 Å². The van der Waals surface area contributed by atoms with Gasteiger partial charge < -0.3 is 14.7 Å². The van der Waals surface area contributed by atoms with Crippen molar-refractivity contribution >= 4 is 5.91 Å². The van der Waals surface area contributed by atoms with Gasteiger partial charge in [0.2, 0.25) is 0 Å². The second-order valence-electron chi connectivity index (χ2n) is 5.21. The smallest absolute Gasteiger partial charge is 0.255 e. The monoisotopic (exact) mass is 288 g/mol. The van der Waals surface area contributed by atoms with E-state index in [2.05, 4.69) is 23.7 Å². The summed E-state index contributed by atoms with van der Waals surface area (Å²) in [5.41, 5.74) is 1.15. The zero-order valence-electron chi connectivity index (χ0n) is 12.4. The molecule has 5 heteroatoms. The van der Waals surface area contributed by atoms with Crippen molar-refractivity contribution in [3.8, 4) is 11.8 Å². The quantitative estimate of drug-likeness (QED) is 0.822. The first kappa shape index (κ1) is 15.5. The van der Waals surface area contributed by atoms with Crippen LogP contribution in [-0.2, 0) is 4.74 Å². The summed E-state index contributed by atoms with van der Waals surface area (Å²) in [5, 5.41) is 8.71. The van der Waals surface area contributed by atoms with E-state index in [9.17, 15) is 4.79 Å². The number of rotatable bonds is 2. The van der Waals surface area contributed by atoms with Crippen molar-refractivity contribution < 1.29 is 14.6 Å². The normalized spacial score (nSPS) is 21.6. The number of carbonyl (C=O) groups excluding carboxylic acids is 1. The molecule has 0 spiro atoms. The minimum absolute atomic E-state index is 0.0518. The summed E-state index contributed by atoms with van der Waals surface area (Å²) >= 11 is 0. The third-order valence-electron chi connectivity index (χ3n) is 3.78. The molecular formula is C16H20N2O3. The van der Waals surface area contributed by atoms with Crippen LogP contribution in [0.4, 0.5) is 0 Å². The molecule has 5 nitrogen and oxygen atoms in total. The van der Waals surface area contributed by atoms with Gasteiger partial charge in [-0.1, -0.05) is 18.8 Å². The van der Waals surface area contributed by atoms with Crippen molar-refractivity contribution in [2.75, 3.05) is 26.8 Å². The summed E-state index contributed by atoms with van der Waals surface area (Å²) in [6.07, 6.45) is 4.14. The highest BCUT2D eigenvalue weighted by molar-refractivity contribution is 5.94. The van der Waals surface area contributed by atoms with Gasteiger partial charge in [0.05, 0.1) is 11.7 Å². The second kappa shape index (κ2) is 7.21. The number of amides is 1. The van der Waals surface area contributed by atoms with E-state index in [4.69, 9.17) is 9.84 Å². The van der Waals surface area contributed by atoms with Crippen molar-refractivity contribution in [3.63, 3.8) is 0 Å².